The zero-order chi connectivity index (χ0) is 12.0. The number of hydrogen-bond acceptors (Lipinski definition) is 3. The van der Waals surface area contributed by atoms with Gasteiger partial charge in [-0.25, -0.2) is 4.79 Å². The summed E-state index contributed by atoms with van der Waals surface area (Å²) in [5.41, 5.74) is 1.04. The summed E-state index contributed by atoms with van der Waals surface area (Å²) in [5, 5.41) is 2.61. The molecule has 0 saturated carbocycles. The van der Waals surface area contributed by atoms with E-state index in [0.717, 1.165) is 6.42 Å². The first-order chi connectivity index (χ1) is 7.63. The van der Waals surface area contributed by atoms with Crippen molar-refractivity contribution in [3.05, 3.63) is 29.8 Å². The van der Waals surface area contributed by atoms with Crippen LogP contribution in [0.25, 0.3) is 0 Å². The molecule has 4 nitrogen and oxygen atoms in total. The van der Waals surface area contributed by atoms with Gasteiger partial charge >= 0.3 is 5.97 Å². The largest absolute Gasteiger partial charge is 0.462 e. The summed E-state index contributed by atoms with van der Waals surface area (Å²) in [6, 6.07) is 6.68. The topological polar surface area (TPSA) is 55.4 Å². The molecule has 0 heterocycles. The zero-order valence-electron chi connectivity index (χ0n) is 9.45. The van der Waals surface area contributed by atoms with Gasteiger partial charge < -0.3 is 10.1 Å². The van der Waals surface area contributed by atoms with E-state index >= 15 is 0 Å². The van der Waals surface area contributed by atoms with E-state index in [4.69, 9.17) is 4.74 Å². The highest BCUT2D eigenvalue weighted by molar-refractivity contribution is 5.93. The molecule has 0 radical (unpaired) electrons. The van der Waals surface area contributed by atoms with Crippen molar-refractivity contribution in [1.82, 2.24) is 0 Å². The van der Waals surface area contributed by atoms with Crippen molar-refractivity contribution in [3.63, 3.8) is 0 Å². The van der Waals surface area contributed by atoms with Gasteiger partial charge in [-0.1, -0.05) is 13.0 Å². The number of amides is 1. The van der Waals surface area contributed by atoms with Gasteiger partial charge in [-0.3, -0.25) is 4.79 Å². The van der Waals surface area contributed by atoms with Crippen LogP contribution in [-0.4, -0.2) is 18.5 Å². The van der Waals surface area contributed by atoms with Crippen molar-refractivity contribution in [2.45, 2.75) is 20.3 Å². The molecule has 1 aromatic rings. The van der Waals surface area contributed by atoms with E-state index in [0.29, 0.717) is 17.9 Å². The fraction of sp³-hybridized carbons (Fsp3) is 0.333. The second-order valence-electron chi connectivity index (χ2n) is 3.40. The van der Waals surface area contributed by atoms with Crippen molar-refractivity contribution >= 4 is 17.6 Å². The minimum absolute atomic E-state index is 0.168. The van der Waals surface area contributed by atoms with E-state index in [1.165, 1.54) is 6.92 Å². The normalized spacial score (nSPS) is 9.62. The van der Waals surface area contributed by atoms with Gasteiger partial charge in [0.05, 0.1) is 12.2 Å². The van der Waals surface area contributed by atoms with E-state index in [-0.39, 0.29) is 11.9 Å². The molecule has 1 aromatic carbocycles. The third-order valence-electron chi connectivity index (χ3n) is 1.86. The Morgan fingerprint density at radius 1 is 1.38 bits per heavy atom. The fourth-order valence-electron chi connectivity index (χ4n) is 1.21. The quantitative estimate of drug-likeness (QED) is 0.793. The standard InChI is InChI=1S/C12H15NO3/c1-3-7-16-12(15)10-5-4-6-11(8-10)13-9(2)14/h4-6,8H,3,7H2,1-2H3,(H,13,14). The first-order valence-electron chi connectivity index (χ1n) is 5.18. The van der Waals surface area contributed by atoms with Gasteiger partial charge in [0.25, 0.3) is 0 Å². The van der Waals surface area contributed by atoms with Crippen LogP contribution in [0.15, 0.2) is 24.3 Å². The SMILES string of the molecule is CCCOC(=O)c1cccc(NC(C)=O)c1. The Labute approximate surface area is 94.6 Å². The summed E-state index contributed by atoms with van der Waals surface area (Å²) < 4.78 is 4.99. The van der Waals surface area contributed by atoms with Gasteiger partial charge in [0.15, 0.2) is 0 Å². The molecule has 0 atom stereocenters. The minimum atomic E-state index is -0.367. The van der Waals surface area contributed by atoms with Gasteiger partial charge in [-0.05, 0) is 24.6 Å². The third-order valence-corrected chi connectivity index (χ3v) is 1.86. The molecule has 0 saturated heterocycles. The van der Waals surface area contributed by atoms with Crippen LogP contribution in [0.1, 0.15) is 30.6 Å². The predicted octanol–water partition coefficient (Wildman–Crippen LogP) is 2.21. The van der Waals surface area contributed by atoms with Crippen molar-refractivity contribution < 1.29 is 14.3 Å². The molecule has 86 valence electrons. The molecule has 4 heteroatoms. The Hall–Kier alpha value is -1.84. The number of rotatable bonds is 4. The second kappa shape index (κ2) is 5.90. The summed E-state index contributed by atoms with van der Waals surface area (Å²) in [7, 11) is 0. The highest BCUT2D eigenvalue weighted by Crippen LogP contribution is 2.11. The van der Waals surface area contributed by atoms with Crippen LogP contribution >= 0.6 is 0 Å². The Morgan fingerprint density at radius 2 is 2.12 bits per heavy atom. The Morgan fingerprint density at radius 3 is 2.75 bits per heavy atom. The van der Waals surface area contributed by atoms with Gasteiger partial charge in [0.2, 0.25) is 5.91 Å². The van der Waals surface area contributed by atoms with Crippen LogP contribution in [0.4, 0.5) is 5.69 Å². The summed E-state index contributed by atoms with van der Waals surface area (Å²) in [6.07, 6.45) is 0.789. The molecule has 0 spiro atoms. The lowest BCUT2D eigenvalue weighted by atomic mass is 10.2. The fourth-order valence-corrected chi connectivity index (χ4v) is 1.21. The summed E-state index contributed by atoms with van der Waals surface area (Å²) in [5.74, 6) is -0.534. The van der Waals surface area contributed by atoms with E-state index < -0.39 is 0 Å². The minimum Gasteiger partial charge on any atom is -0.462 e. The molecule has 1 amide bonds. The molecule has 0 aliphatic carbocycles. The number of carbonyl (C=O) groups is 2. The molecule has 1 rings (SSSR count). The smallest absolute Gasteiger partial charge is 0.338 e. The monoisotopic (exact) mass is 221 g/mol. The molecule has 0 fully saturated rings. The molecule has 0 bridgehead atoms. The summed E-state index contributed by atoms with van der Waals surface area (Å²) in [6.45, 7) is 3.76. The average Bonchev–Trinajstić information content (AvgIpc) is 2.25. The Bertz CT molecular complexity index is 388. The Kier molecular flexibility index (Phi) is 4.51. The molecule has 0 aromatic heterocycles. The second-order valence-corrected chi connectivity index (χ2v) is 3.40. The molecule has 1 N–H and O–H groups in total. The van der Waals surface area contributed by atoms with E-state index in [2.05, 4.69) is 5.32 Å². The van der Waals surface area contributed by atoms with Crippen LogP contribution in [-0.2, 0) is 9.53 Å². The number of hydrogen-bond donors (Lipinski definition) is 1. The molecular formula is C12H15NO3. The van der Waals surface area contributed by atoms with E-state index in [1.807, 2.05) is 6.92 Å². The molecule has 0 aliphatic rings. The van der Waals surface area contributed by atoms with Crippen molar-refractivity contribution in [1.29, 1.82) is 0 Å². The number of anilines is 1. The lowest BCUT2D eigenvalue weighted by molar-refractivity contribution is -0.114. The predicted molar refractivity (Wildman–Crippen MR) is 61.3 cm³/mol. The first kappa shape index (κ1) is 12.2. The van der Waals surface area contributed by atoms with Crippen LogP contribution in [0, 0.1) is 0 Å². The van der Waals surface area contributed by atoms with E-state index in [9.17, 15) is 9.59 Å². The first-order valence-corrected chi connectivity index (χ1v) is 5.18. The Balaban J connectivity index is 2.73. The van der Waals surface area contributed by atoms with Gasteiger partial charge in [0.1, 0.15) is 0 Å². The average molecular weight is 221 g/mol. The van der Waals surface area contributed by atoms with Crippen molar-refractivity contribution in [2.75, 3.05) is 11.9 Å². The van der Waals surface area contributed by atoms with Crippen LogP contribution < -0.4 is 5.32 Å². The maximum atomic E-state index is 11.5. The van der Waals surface area contributed by atoms with Gasteiger partial charge in [-0.15, -0.1) is 0 Å². The number of ether oxygens (including phenoxy) is 1. The third kappa shape index (κ3) is 3.73. The number of carbonyl (C=O) groups excluding carboxylic acids is 2. The molecule has 0 unspecified atom stereocenters. The lowest BCUT2D eigenvalue weighted by Crippen LogP contribution is -2.09. The number of benzene rings is 1. The van der Waals surface area contributed by atoms with Gasteiger partial charge in [-0.2, -0.15) is 0 Å². The summed E-state index contributed by atoms with van der Waals surface area (Å²) in [4.78, 5) is 22.3. The van der Waals surface area contributed by atoms with E-state index in [1.54, 1.807) is 24.3 Å². The maximum absolute atomic E-state index is 11.5. The summed E-state index contributed by atoms with van der Waals surface area (Å²) >= 11 is 0. The highest BCUT2D eigenvalue weighted by atomic mass is 16.5. The zero-order valence-corrected chi connectivity index (χ0v) is 9.45. The van der Waals surface area contributed by atoms with Gasteiger partial charge in [0, 0.05) is 12.6 Å². The van der Waals surface area contributed by atoms with Crippen LogP contribution in [0.5, 0.6) is 0 Å². The molecular weight excluding hydrogens is 206 g/mol. The van der Waals surface area contributed by atoms with Crippen LogP contribution in [0.2, 0.25) is 0 Å². The maximum Gasteiger partial charge on any atom is 0.338 e. The highest BCUT2D eigenvalue weighted by Gasteiger charge is 2.07. The molecule has 16 heavy (non-hydrogen) atoms. The molecule has 0 aliphatic heterocycles. The van der Waals surface area contributed by atoms with Crippen molar-refractivity contribution in [3.8, 4) is 0 Å². The number of esters is 1. The van der Waals surface area contributed by atoms with Crippen molar-refractivity contribution in [2.24, 2.45) is 0 Å². The number of nitrogens with one attached hydrogen (secondary N) is 1. The lowest BCUT2D eigenvalue weighted by Gasteiger charge is -2.05. The van der Waals surface area contributed by atoms with Crippen LogP contribution in [0.3, 0.4) is 0 Å².